The second-order valence-electron chi connectivity index (χ2n) is 2.46. The minimum Gasteiger partial charge on any atom is -0.324 e. The van der Waals surface area contributed by atoms with Gasteiger partial charge in [0, 0.05) is 5.56 Å². The van der Waals surface area contributed by atoms with Crippen LogP contribution in [0.25, 0.3) is 0 Å². The third kappa shape index (κ3) is 3.83. The highest BCUT2D eigenvalue weighted by Gasteiger charge is 2.33. The SMILES string of the molecule is OP(O)(=S)OC(Cl)(Cl)c1ccccc1. The second kappa shape index (κ2) is 4.45. The molecule has 0 aromatic heterocycles. The van der Waals surface area contributed by atoms with Gasteiger partial charge in [-0.2, -0.15) is 0 Å². The summed E-state index contributed by atoms with van der Waals surface area (Å²) in [6.07, 6.45) is 0. The Morgan fingerprint density at radius 1 is 1.21 bits per heavy atom. The third-order valence-electron chi connectivity index (χ3n) is 1.34. The van der Waals surface area contributed by atoms with E-state index in [-0.39, 0.29) is 0 Å². The summed E-state index contributed by atoms with van der Waals surface area (Å²) in [6.45, 7) is -3.88. The third-order valence-corrected chi connectivity index (χ3v) is 2.88. The predicted octanol–water partition coefficient (Wildman–Crippen LogP) is 2.50. The highest BCUT2D eigenvalue weighted by molar-refractivity contribution is 8.06. The van der Waals surface area contributed by atoms with Crippen molar-refractivity contribution in [3.05, 3.63) is 35.9 Å². The molecule has 1 aromatic carbocycles. The fraction of sp³-hybridized carbons (Fsp3) is 0.143. The normalized spacial score (nSPS) is 12.9. The van der Waals surface area contributed by atoms with Gasteiger partial charge in [0.05, 0.1) is 0 Å². The Kier molecular flexibility index (Phi) is 3.95. The molecule has 0 saturated heterocycles. The van der Waals surface area contributed by atoms with E-state index in [0.29, 0.717) is 5.56 Å². The van der Waals surface area contributed by atoms with E-state index in [1.165, 1.54) is 0 Å². The van der Waals surface area contributed by atoms with Crippen LogP contribution >= 0.6 is 29.9 Å². The van der Waals surface area contributed by atoms with E-state index < -0.39 is 11.2 Å². The molecule has 1 rings (SSSR count). The molecule has 0 aliphatic carbocycles. The fourth-order valence-electron chi connectivity index (χ4n) is 0.834. The minimum absolute atomic E-state index is 0.389. The molecule has 0 saturated carbocycles. The summed E-state index contributed by atoms with van der Waals surface area (Å²) in [5.74, 6) is 0. The monoisotopic (exact) mass is 272 g/mol. The van der Waals surface area contributed by atoms with Gasteiger partial charge in [0.25, 0.3) is 4.52 Å². The molecule has 0 spiro atoms. The van der Waals surface area contributed by atoms with Crippen LogP contribution in [0.2, 0.25) is 0 Å². The molecular formula is C7H7Cl2O3PS. The maximum atomic E-state index is 8.90. The second-order valence-corrected chi connectivity index (χ2v) is 6.31. The number of hydrogen-bond acceptors (Lipinski definition) is 2. The van der Waals surface area contributed by atoms with E-state index >= 15 is 0 Å². The molecule has 2 N–H and O–H groups in total. The molecule has 14 heavy (non-hydrogen) atoms. The van der Waals surface area contributed by atoms with Gasteiger partial charge in [-0.05, 0) is 11.8 Å². The Morgan fingerprint density at radius 3 is 2.14 bits per heavy atom. The molecule has 0 fully saturated rings. The Balaban J connectivity index is 2.92. The van der Waals surface area contributed by atoms with Gasteiger partial charge < -0.3 is 9.79 Å². The first-order valence-corrected chi connectivity index (χ1v) is 6.89. The van der Waals surface area contributed by atoms with Crippen LogP contribution in [0.4, 0.5) is 0 Å². The van der Waals surface area contributed by atoms with Crippen LogP contribution in [0, 0.1) is 0 Å². The maximum absolute atomic E-state index is 8.90. The summed E-state index contributed by atoms with van der Waals surface area (Å²) < 4.78 is 2.75. The summed E-state index contributed by atoms with van der Waals surface area (Å²) in [5.41, 5.74) is 0.389. The topological polar surface area (TPSA) is 49.7 Å². The lowest BCUT2D eigenvalue weighted by Crippen LogP contribution is -2.13. The lowest BCUT2D eigenvalue weighted by atomic mass is 10.2. The van der Waals surface area contributed by atoms with Crippen LogP contribution in [0.15, 0.2) is 30.3 Å². The summed E-state index contributed by atoms with van der Waals surface area (Å²) in [7, 11) is 0. The average molecular weight is 273 g/mol. The van der Waals surface area contributed by atoms with Crippen molar-refractivity contribution in [2.45, 2.75) is 4.52 Å². The van der Waals surface area contributed by atoms with E-state index in [0.717, 1.165) is 0 Å². The lowest BCUT2D eigenvalue weighted by Gasteiger charge is -2.22. The zero-order chi connectivity index (χ0) is 10.8. The van der Waals surface area contributed by atoms with Crippen molar-refractivity contribution in [2.75, 3.05) is 0 Å². The molecule has 0 unspecified atom stereocenters. The van der Waals surface area contributed by atoms with E-state index in [1.807, 2.05) is 0 Å². The van der Waals surface area contributed by atoms with Crippen LogP contribution in [-0.2, 0) is 20.9 Å². The molecule has 0 aliphatic rings. The van der Waals surface area contributed by atoms with Crippen LogP contribution in [0.5, 0.6) is 0 Å². The van der Waals surface area contributed by atoms with Gasteiger partial charge in [-0.15, -0.1) is 0 Å². The molecule has 0 heterocycles. The molecule has 0 aliphatic heterocycles. The number of hydrogen-bond donors (Lipinski definition) is 2. The molecule has 7 heteroatoms. The number of rotatable bonds is 3. The van der Waals surface area contributed by atoms with Crippen LogP contribution in [0.1, 0.15) is 5.56 Å². The summed E-state index contributed by atoms with van der Waals surface area (Å²) in [5, 5.41) is 0. The molecule has 0 bridgehead atoms. The van der Waals surface area contributed by atoms with Gasteiger partial charge in [0.15, 0.2) is 0 Å². The van der Waals surface area contributed by atoms with E-state index in [2.05, 4.69) is 16.3 Å². The molecule has 1 aromatic rings. The first kappa shape index (κ1) is 12.4. The molecule has 78 valence electrons. The van der Waals surface area contributed by atoms with Crippen molar-refractivity contribution < 1.29 is 14.3 Å². The summed E-state index contributed by atoms with van der Waals surface area (Å²) >= 11 is 15.7. The standard InChI is InChI=1S/C7H7Cl2O3PS/c8-7(9,12-13(10,11)14)6-4-2-1-3-5-6/h1-5H,(H2,10,11,14). The van der Waals surface area contributed by atoms with Gasteiger partial charge in [-0.25, -0.2) is 0 Å². The van der Waals surface area contributed by atoms with Crippen molar-refractivity contribution in [2.24, 2.45) is 0 Å². The Labute approximate surface area is 96.5 Å². The van der Waals surface area contributed by atoms with Crippen LogP contribution in [0.3, 0.4) is 0 Å². The highest BCUT2D eigenvalue weighted by atomic mass is 35.5. The van der Waals surface area contributed by atoms with Gasteiger partial charge >= 0.3 is 6.72 Å². The summed E-state index contributed by atoms with van der Waals surface area (Å²) in [4.78, 5) is 17.8. The Morgan fingerprint density at radius 2 is 1.71 bits per heavy atom. The van der Waals surface area contributed by atoms with Crippen molar-refractivity contribution in [1.82, 2.24) is 0 Å². The van der Waals surface area contributed by atoms with E-state index in [4.69, 9.17) is 33.0 Å². The van der Waals surface area contributed by atoms with Gasteiger partial charge in [0.1, 0.15) is 0 Å². The lowest BCUT2D eigenvalue weighted by molar-refractivity contribution is 0.200. The Bertz CT molecular complexity index is 351. The van der Waals surface area contributed by atoms with Crippen molar-refractivity contribution in [3.8, 4) is 0 Å². The van der Waals surface area contributed by atoms with Crippen LogP contribution in [-0.4, -0.2) is 9.79 Å². The molecule has 0 atom stereocenters. The fourth-order valence-corrected chi connectivity index (χ4v) is 2.65. The largest absolute Gasteiger partial charge is 0.324 e. The van der Waals surface area contributed by atoms with Crippen LogP contribution < -0.4 is 0 Å². The maximum Gasteiger partial charge on any atom is 0.324 e. The van der Waals surface area contributed by atoms with Crippen molar-refractivity contribution in [1.29, 1.82) is 0 Å². The smallest absolute Gasteiger partial charge is 0.324 e. The number of halogens is 2. The molecular weight excluding hydrogens is 266 g/mol. The van der Waals surface area contributed by atoms with Crippen molar-refractivity contribution >= 4 is 41.7 Å². The van der Waals surface area contributed by atoms with Gasteiger partial charge in [-0.1, -0.05) is 53.5 Å². The summed E-state index contributed by atoms with van der Waals surface area (Å²) in [6, 6.07) is 8.32. The molecule has 3 nitrogen and oxygen atoms in total. The zero-order valence-corrected chi connectivity index (χ0v) is 10.0. The van der Waals surface area contributed by atoms with Gasteiger partial charge in [0.2, 0.25) is 0 Å². The van der Waals surface area contributed by atoms with E-state index in [1.54, 1.807) is 30.3 Å². The highest BCUT2D eigenvalue weighted by Crippen LogP contribution is 2.50. The Hall–Kier alpha value is 0.330. The first-order valence-electron chi connectivity index (χ1n) is 3.51. The quantitative estimate of drug-likeness (QED) is 0.656. The first-order chi connectivity index (χ1) is 6.31. The van der Waals surface area contributed by atoms with Gasteiger partial charge in [-0.3, -0.25) is 4.52 Å². The average Bonchev–Trinajstić information content (AvgIpc) is 2.01. The number of benzene rings is 1. The van der Waals surface area contributed by atoms with E-state index in [9.17, 15) is 0 Å². The number of alkyl halides is 2. The predicted molar refractivity (Wildman–Crippen MR) is 59.6 cm³/mol. The van der Waals surface area contributed by atoms with Crippen molar-refractivity contribution in [3.63, 3.8) is 0 Å². The zero-order valence-electron chi connectivity index (χ0n) is 6.80. The minimum atomic E-state index is -3.88. The molecule has 0 amide bonds. The molecule has 0 radical (unpaired) electrons.